The van der Waals surface area contributed by atoms with Gasteiger partial charge in [-0.1, -0.05) is 25.1 Å². The first kappa shape index (κ1) is 22.0. The number of guanidine groups is 1. The van der Waals surface area contributed by atoms with Gasteiger partial charge in [0.25, 0.3) is 0 Å². The molecule has 142 valence electrons. The van der Waals surface area contributed by atoms with Crippen molar-refractivity contribution >= 4 is 29.9 Å². The number of para-hydroxylation sites is 1. The van der Waals surface area contributed by atoms with Crippen LogP contribution in [-0.2, 0) is 6.54 Å². The molecule has 2 unspecified atom stereocenters. The van der Waals surface area contributed by atoms with Crippen LogP contribution < -0.4 is 15.4 Å². The minimum Gasteiger partial charge on any atom is -0.496 e. The van der Waals surface area contributed by atoms with Gasteiger partial charge in [-0.25, -0.2) is 0 Å². The summed E-state index contributed by atoms with van der Waals surface area (Å²) in [5.41, 5.74) is 1.13. The average molecular weight is 460 g/mol. The molecule has 1 fully saturated rings. The zero-order valence-electron chi connectivity index (χ0n) is 15.9. The molecule has 5 nitrogen and oxygen atoms in total. The van der Waals surface area contributed by atoms with E-state index in [9.17, 15) is 0 Å². The SMILES string of the molecule is CN=C(NCc1ccccc1OC)NCC(C)N1CCCC(C)C1.I. The van der Waals surface area contributed by atoms with Gasteiger partial charge >= 0.3 is 0 Å². The van der Waals surface area contributed by atoms with Crippen LogP contribution in [0.4, 0.5) is 0 Å². The number of ether oxygens (including phenoxy) is 1. The maximum Gasteiger partial charge on any atom is 0.191 e. The van der Waals surface area contributed by atoms with Gasteiger partial charge in [0, 0.05) is 38.3 Å². The fourth-order valence-electron chi connectivity index (χ4n) is 3.25. The van der Waals surface area contributed by atoms with Crippen molar-refractivity contribution in [1.82, 2.24) is 15.5 Å². The van der Waals surface area contributed by atoms with E-state index >= 15 is 0 Å². The molecule has 0 radical (unpaired) electrons. The van der Waals surface area contributed by atoms with Crippen molar-refractivity contribution in [3.05, 3.63) is 29.8 Å². The van der Waals surface area contributed by atoms with E-state index in [2.05, 4.69) is 40.4 Å². The van der Waals surface area contributed by atoms with E-state index in [1.807, 2.05) is 25.2 Å². The molecule has 2 atom stereocenters. The molecule has 2 rings (SSSR count). The van der Waals surface area contributed by atoms with E-state index < -0.39 is 0 Å². The first-order valence-electron chi connectivity index (χ1n) is 8.94. The monoisotopic (exact) mass is 460 g/mol. The van der Waals surface area contributed by atoms with Crippen molar-refractivity contribution in [2.75, 3.05) is 33.8 Å². The highest BCUT2D eigenvalue weighted by Crippen LogP contribution is 2.18. The van der Waals surface area contributed by atoms with Crippen LogP contribution in [0.3, 0.4) is 0 Å². The Hall–Kier alpha value is -1.02. The van der Waals surface area contributed by atoms with Crippen molar-refractivity contribution < 1.29 is 4.74 Å². The molecule has 0 aliphatic carbocycles. The Labute approximate surface area is 169 Å². The molecule has 0 saturated carbocycles. The molecule has 0 aromatic heterocycles. The Kier molecular flexibility index (Phi) is 10.2. The van der Waals surface area contributed by atoms with Crippen LogP contribution in [0.15, 0.2) is 29.3 Å². The smallest absolute Gasteiger partial charge is 0.191 e. The zero-order chi connectivity index (χ0) is 17.4. The number of methoxy groups -OCH3 is 1. The summed E-state index contributed by atoms with van der Waals surface area (Å²) in [7, 11) is 3.51. The Balaban J connectivity index is 0.00000312. The molecule has 0 spiro atoms. The first-order chi connectivity index (χ1) is 11.6. The van der Waals surface area contributed by atoms with E-state index in [0.29, 0.717) is 12.6 Å². The highest BCUT2D eigenvalue weighted by atomic mass is 127. The Morgan fingerprint density at radius 2 is 2.12 bits per heavy atom. The summed E-state index contributed by atoms with van der Waals surface area (Å²) in [6.45, 7) is 8.65. The van der Waals surface area contributed by atoms with Crippen molar-refractivity contribution in [3.63, 3.8) is 0 Å². The van der Waals surface area contributed by atoms with Crippen LogP contribution in [0.25, 0.3) is 0 Å². The molecule has 6 heteroatoms. The third-order valence-electron chi connectivity index (χ3n) is 4.74. The molecule has 1 heterocycles. The van der Waals surface area contributed by atoms with Crippen LogP contribution in [0.2, 0.25) is 0 Å². The second kappa shape index (κ2) is 11.6. The van der Waals surface area contributed by atoms with E-state index in [4.69, 9.17) is 4.74 Å². The van der Waals surface area contributed by atoms with Gasteiger partial charge in [-0.15, -0.1) is 24.0 Å². The number of aliphatic imine (C=N–C) groups is 1. The third kappa shape index (κ3) is 7.01. The number of hydrogen-bond donors (Lipinski definition) is 2. The highest BCUT2D eigenvalue weighted by molar-refractivity contribution is 14.0. The number of likely N-dealkylation sites (tertiary alicyclic amines) is 1. The number of nitrogens with zero attached hydrogens (tertiary/aromatic N) is 2. The molecular formula is C19H33IN4O. The highest BCUT2D eigenvalue weighted by Gasteiger charge is 2.20. The van der Waals surface area contributed by atoms with Crippen LogP contribution in [0.1, 0.15) is 32.3 Å². The third-order valence-corrected chi connectivity index (χ3v) is 4.74. The number of rotatable bonds is 6. The van der Waals surface area contributed by atoms with Crippen molar-refractivity contribution in [3.8, 4) is 5.75 Å². The fourth-order valence-corrected chi connectivity index (χ4v) is 3.25. The quantitative estimate of drug-likeness (QED) is 0.389. The van der Waals surface area contributed by atoms with Gasteiger partial charge in [0.2, 0.25) is 0 Å². The topological polar surface area (TPSA) is 48.9 Å². The Bertz CT molecular complexity index is 538. The minimum absolute atomic E-state index is 0. The Morgan fingerprint density at radius 1 is 1.36 bits per heavy atom. The van der Waals surface area contributed by atoms with Crippen LogP contribution >= 0.6 is 24.0 Å². The number of benzene rings is 1. The van der Waals surface area contributed by atoms with E-state index in [-0.39, 0.29) is 24.0 Å². The van der Waals surface area contributed by atoms with Crippen molar-refractivity contribution in [2.24, 2.45) is 10.9 Å². The molecule has 1 aromatic rings. The summed E-state index contributed by atoms with van der Waals surface area (Å²) in [5.74, 6) is 2.54. The summed E-state index contributed by atoms with van der Waals surface area (Å²) >= 11 is 0. The molecule has 0 amide bonds. The molecule has 2 N–H and O–H groups in total. The summed E-state index contributed by atoms with van der Waals surface area (Å²) in [6.07, 6.45) is 2.67. The Morgan fingerprint density at radius 3 is 2.80 bits per heavy atom. The van der Waals surface area contributed by atoms with Crippen molar-refractivity contribution in [2.45, 2.75) is 39.3 Å². The number of halogens is 1. The predicted molar refractivity (Wildman–Crippen MR) is 116 cm³/mol. The second-order valence-electron chi connectivity index (χ2n) is 6.71. The summed E-state index contributed by atoms with van der Waals surface area (Å²) in [4.78, 5) is 6.90. The van der Waals surface area contributed by atoms with Gasteiger partial charge < -0.3 is 15.4 Å². The molecule has 1 saturated heterocycles. The lowest BCUT2D eigenvalue weighted by Gasteiger charge is -2.35. The number of hydrogen-bond acceptors (Lipinski definition) is 3. The average Bonchev–Trinajstić information content (AvgIpc) is 2.62. The van der Waals surface area contributed by atoms with Gasteiger partial charge in [0.15, 0.2) is 5.96 Å². The van der Waals surface area contributed by atoms with Gasteiger partial charge in [0.05, 0.1) is 7.11 Å². The van der Waals surface area contributed by atoms with Gasteiger partial charge in [-0.3, -0.25) is 9.89 Å². The fraction of sp³-hybridized carbons (Fsp3) is 0.632. The summed E-state index contributed by atoms with van der Waals surface area (Å²) < 4.78 is 5.39. The maximum absolute atomic E-state index is 5.39. The molecule has 1 aromatic carbocycles. The lowest BCUT2D eigenvalue weighted by Crippen LogP contribution is -2.48. The molecule has 1 aliphatic heterocycles. The number of piperidine rings is 1. The molecule has 0 bridgehead atoms. The molecule has 25 heavy (non-hydrogen) atoms. The number of nitrogens with one attached hydrogen (secondary N) is 2. The lowest BCUT2D eigenvalue weighted by atomic mass is 9.99. The minimum atomic E-state index is 0. The lowest BCUT2D eigenvalue weighted by molar-refractivity contribution is 0.139. The van der Waals surface area contributed by atoms with Crippen molar-refractivity contribution in [1.29, 1.82) is 0 Å². The van der Waals surface area contributed by atoms with Crippen LogP contribution in [0, 0.1) is 5.92 Å². The summed E-state index contributed by atoms with van der Waals surface area (Å²) in [5, 5.41) is 6.81. The summed E-state index contributed by atoms with van der Waals surface area (Å²) in [6, 6.07) is 8.56. The van der Waals surface area contributed by atoms with Gasteiger partial charge in [0.1, 0.15) is 5.75 Å². The zero-order valence-corrected chi connectivity index (χ0v) is 18.2. The second-order valence-corrected chi connectivity index (χ2v) is 6.71. The standard InChI is InChI=1S/C19H32N4O.HI/c1-15-8-7-11-23(14-15)16(2)12-21-19(20-3)22-13-17-9-5-6-10-18(17)24-4;/h5-6,9-10,15-16H,7-8,11-14H2,1-4H3,(H2,20,21,22);1H. The van der Waals surface area contributed by atoms with Gasteiger partial charge in [-0.2, -0.15) is 0 Å². The normalized spacial score (nSPS) is 19.7. The maximum atomic E-state index is 5.39. The van der Waals surface area contributed by atoms with Gasteiger partial charge in [-0.05, 0) is 38.3 Å². The first-order valence-corrected chi connectivity index (χ1v) is 8.94. The largest absolute Gasteiger partial charge is 0.496 e. The predicted octanol–water partition coefficient (Wildman–Crippen LogP) is 3.10. The van der Waals surface area contributed by atoms with Crippen LogP contribution in [-0.4, -0.2) is 50.7 Å². The molecule has 1 aliphatic rings. The van der Waals surface area contributed by atoms with E-state index in [1.54, 1.807) is 7.11 Å². The van der Waals surface area contributed by atoms with E-state index in [0.717, 1.165) is 29.7 Å². The van der Waals surface area contributed by atoms with E-state index in [1.165, 1.54) is 25.9 Å². The molecular weight excluding hydrogens is 427 g/mol. The van der Waals surface area contributed by atoms with Crippen LogP contribution in [0.5, 0.6) is 5.75 Å².